The third-order valence-corrected chi connectivity index (χ3v) is 5.50. The topological polar surface area (TPSA) is 98.2 Å². The third kappa shape index (κ3) is 3.22. The molecular weight excluding hydrogens is 399 g/mol. The van der Waals surface area contributed by atoms with Crippen LogP contribution >= 0.6 is 0 Å². The molecule has 2 atom stereocenters. The first-order valence-electron chi connectivity index (χ1n) is 9.62. The third-order valence-electron chi connectivity index (χ3n) is 5.50. The Balaban J connectivity index is 1.59. The molecule has 9 heteroatoms. The lowest BCUT2D eigenvalue weighted by molar-refractivity contribution is 0.353. The van der Waals surface area contributed by atoms with E-state index in [4.69, 9.17) is 14.7 Å². The lowest BCUT2D eigenvalue weighted by Crippen LogP contribution is -2.04. The van der Waals surface area contributed by atoms with Crippen LogP contribution in [0.3, 0.4) is 0 Å². The largest absolute Gasteiger partial charge is 0.480 e. The van der Waals surface area contributed by atoms with E-state index in [2.05, 4.69) is 26.1 Å². The Morgan fingerprint density at radius 2 is 1.90 bits per heavy atom. The number of nitrogens with zero attached hydrogens (tertiary/aromatic N) is 6. The predicted molar refractivity (Wildman–Crippen MR) is 108 cm³/mol. The molecule has 0 spiro atoms. The van der Waals surface area contributed by atoms with Crippen LogP contribution in [0.15, 0.2) is 42.7 Å². The highest BCUT2D eigenvalue weighted by atomic mass is 19.1. The summed E-state index contributed by atoms with van der Waals surface area (Å²) < 4.78 is 26.1. The van der Waals surface area contributed by atoms with Gasteiger partial charge in [0, 0.05) is 11.8 Å². The number of aromatic nitrogens is 5. The van der Waals surface area contributed by atoms with Crippen molar-refractivity contribution >= 4 is 5.65 Å². The van der Waals surface area contributed by atoms with Gasteiger partial charge in [-0.25, -0.2) is 9.97 Å². The number of hydrogen-bond donors (Lipinski definition) is 0. The van der Waals surface area contributed by atoms with E-state index >= 15 is 0 Å². The standard InChI is InChI=1S/C22H17FN6O2/c1-30-21-17(10-26-22(27-21)31-2)18-8-16(20-25-11-19(23)29(20)28-18)15-7-14(15)13-5-3-12(9-24)4-6-13/h3-6,8,10-11,14-15H,7H2,1-2H3/t14-,15+/m1/s1. The van der Waals surface area contributed by atoms with Crippen molar-refractivity contribution in [3.63, 3.8) is 0 Å². The second-order valence-corrected chi connectivity index (χ2v) is 7.26. The van der Waals surface area contributed by atoms with Crippen molar-refractivity contribution in [1.29, 1.82) is 5.26 Å². The van der Waals surface area contributed by atoms with E-state index in [0.29, 0.717) is 22.5 Å². The SMILES string of the molecule is COc1ncc(-c2cc([C@H]3C[C@@H]3c3ccc(C#N)cc3)c3ncc(F)n3n2)c(OC)n1. The van der Waals surface area contributed by atoms with Gasteiger partial charge in [0.25, 0.3) is 0 Å². The van der Waals surface area contributed by atoms with E-state index < -0.39 is 5.95 Å². The molecule has 3 aromatic heterocycles. The summed E-state index contributed by atoms with van der Waals surface area (Å²) in [5, 5.41) is 13.4. The quantitative estimate of drug-likeness (QED) is 0.491. The second kappa shape index (κ2) is 7.32. The molecule has 31 heavy (non-hydrogen) atoms. The molecule has 154 valence electrons. The molecule has 5 rings (SSSR count). The summed E-state index contributed by atoms with van der Waals surface area (Å²) in [5.41, 5.74) is 4.13. The molecule has 0 aliphatic heterocycles. The zero-order chi connectivity index (χ0) is 21.5. The number of imidazole rings is 1. The molecule has 0 unspecified atom stereocenters. The minimum Gasteiger partial charge on any atom is -0.480 e. The number of ether oxygens (including phenoxy) is 2. The monoisotopic (exact) mass is 416 g/mol. The molecule has 4 aromatic rings. The van der Waals surface area contributed by atoms with E-state index in [0.717, 1.165) is 23.7 Å². The van der Waals surface area contributed by atoms with Gasteiger partial charge in [-0.1, -0.05) is 12.1 Å². The number of methoxy groups -OCH3 is 2. The predicted octanol–water partition coefficient (Wildman–Crippen LogP) is 3.49. The van der Waals surface area contributed by atoms with Gasteiger partial charge in [0.1, 0.15) is 0 Å². The van der Waals surface area contributed by atoms with Crippen molar-refractivity contribution < 1.29 is 13.9 Å². The molecule has 3 heterocycles. The lowest BCUT2D eigenvalue weighted by Gasteiger charge is -2.11. The van der Waals surface area contributed by atoms with Gasteiger partial charge in [-0.05, 0) is 42.0 Å². The van der Waals surface area contributed by atoms with Crippen LogP contribution in [0.4, 0.5) is 4.39 Å². The smallest absolute Gasteiger partial charge is 0.319 e. The summed E-state index contributed by atoms with van der Waals surface area (Å²) in [5.74, 6) is 0.149. The molecule has 8 nitrogen and oxygen atoms in total. The minimum absolute atomic E-state index is 0.157. The Hall–Kier alpha value is -4.06. The van der Waals surface area contributed by atoms with Gasteiger partial charge < -0.3 is 9.47 Å². The van der Waals surface area contributed by atoms with Crippen molar-refractivity contribution in [3.8, 4) is 29.2 Å². The van der Waals surface area contributed by atoms with Crippen LogP contribution < -0.4 is 9.47 Å². The van der Waals surface area contributed by atoms with Gasteiger partial charge in [-0.3, -0.25) is 0 Å². The maximum absolute atomic E-state index is 14.4. The average molecular weight is 416 g/mol. The first kappa shape index (κ1) is 18.9. The Morgan fingerprint density at radius 1 is 1.10 bits per heavy atom. The number of fused-ring (bicyclic) bond motifs is 1. The molecule has 1 saturated carbocycles. The maximum atomic E-state index is 14.4. The molecule has 1 fully saturated rings. The minimum atomic E-state index is -0.554. The maximum Gasteiger partial charge on any atom is 0.319 e. The van der Waals surface area contributed by atoms with Crippen LogP contribution in [-0.4, -0.2) is 38.8 Å². The van der Waals surface area contributed by atoms with Crippen LogP contribution in [0.25, 0.3) is 16.9 Å². The zero-order valence-corrected chi connectivity index (χ0v) is 16.8. The highest BCUT2D eigenvalue weighted by Crippen LogP contribution is 2.55. The van der Waals surface area contributed by atoms with Crippen molar-refractivity contribution in [2.75, 3.05) is 14.2 Å². The molecular formula is C22H17FN6O2. The zero-order valence-electron chi connectivity index (χ0n) is 16.8. The van der Waals surface area contributed by atoms with E-state index in [-0.39, 0.29) is 23.7 Å². The van der Waals surface area contributed by atoms with Crippen LogP contribution in [-0.2, 0) is 0 Å². The fourth-order valence-corrected chi connectivity index (χ4v) is 3.86. The molecule has 0 radical (unpaired) electrons. The van der Waals surface area contributed by atoms with Crippen molar-refractivity contribution in [1.82, 2.24) is 24.6 Å². The van der Waals surface area contributed by atoms with Gasteiger partial charge in [-0.15, -0.1) is 0 Å². The normalized spacial score (nSPS) is 17.4. The molecule has 0 saturated heterocycles. The summed E-state index contributed by atoms with van der Waals surface area (Å²) in [6.45, 7) is 0. The number of nitriles is 1. The number of halogens is 1. The highest BCUT2D eigenvalue weighted by molar-refractivity contribution is 5.68. The molecule has 1 aliphatic carbocycles. The Bertz CT molecular complexity index is 1330. The molecule has 1 aliphatic rings. The average Bonchev–Trinajstić information content (AvgIpc) is 3.54. The summed E-state index contributed by atoms with van der Waals surface area (Å²) in [6.07, 6.45) is 3.61. The lowest BCUT2D eigenvalue weighted by atomic mass is 10.0. The first-order chi connectivity index (χ1) is 15.1. The second-order valence-electron chi connectivity index (χ2n) is 7.26. The van der Waals surface area contributed by atoms with Gasteiger partial charge in [0.05, 0.1) is 43.3 Å². The summed E-state index contributed by atoms with van der Waals surface area (Å²) in [4.78, 5) is 12.6. The van der Waals surface area contributed by atoms with Crippen LogP contribution in [0, 0.1) is 17.3 Å². The summed E-state index contributed by atoms with van der Waals surface area (Å²) in [7, 11) is 2.96. The fourth-order valence-electron chi connectivity index (χ4n) is 3.86. The van der Waals surface area contributed by atoms with Crippen molar-refractivity contribution in [2.24, 2.45) is 0 Å². The molecule has 0 bridgehead atoms. The van der Waals surface area contributed by atoms with Crippen LogP contribution in [0.5, 0.6) is 11.9 Å². The Morgan fingerprint density at radius 3 is 2.61 bits per heavy atom. The Labute approximate surface area is 176 Å². The number of rotatable bonds is 5. The van der Waals surface area contributed by atoms with Gasteiger partial charge in [-0.2, -0.15) is 24.3 Å². The first-order valence-corrected chi connectivity index (χ1v) is 9.62. The summed E-state index contributed by atoms with van der Waals surface area (Å²) in [6, 6.07) is 11.7. The van der Waals surface area contributed by atoms with Crippen LogP contribution in [0.1, 0.15) is 34.9 Å². The fraction of sp³-hybridized carbons (Fsp3) is 0.227. The van der Waals surface area contributed by atoms with Crippen molar-refractivity contribution in [2.45, 2.75) is 18.3 Å². The number of hydrogen-bond acceptors (Lipinski definition) is 7. The van der Waals surface area contributed by atoms with Crippen molar-refractivity contribution in [3.05, 3.63) is 65.4 Å². The van der Waals surface area contributed by atoms with E-state index in [1.807, 2.05) is 30.3 Å². The highest BCUT2D eigenvalue weighted by Gasteiger charge is 2.41. The molecule has 1 aromatic carbocycles. The van der Waals surface area contributed by atoms with Gasteiger partial charge >= 0.3 is 6.01 Å². The number of benzene rings is 1. The van der Waals surface area contributed by atoms with Gasteiger partial charge in [0.2, 0.25) is 11.8 Å². The van der Waals surface area contributed by atoms with Crippen LogP contribution in [0.2, 0.25) is 0 Å². The van der Waals surface area contributed by atoms with E-state index in [1.165, 1.54) is 18.7 Å². The van der Waals surface area contributed by atoms with E-state index in [1.54, 1.807) is 6.20 Å². The summed E-state index contributed by atoms with van der Waals surface area (Å²) >= 11 is 0. The van der Waals surface area contributed by atoms with Gasteiger partial charge in [0.15, 0.2) is 5.65 Å². The van der Waals surface area contributed by atoms with E-state index in [9.17, 15) is 4.39 Å². The molecule has 0 N–H and O–H groups in total. The Kier molecular flexibility index (Phi) is 4.47. The molecule has 0 amide bonds.